The molecule has 0 amide bonds. The van der Waals surface area contributed by atoms with Crippen LogP contribution in [0.15, 0.2) is 24.3 Å². The van der Waals surface area contributed by atoms with Gasteiger partial charge in [0.25, 0.3) is 0 Å². The van der Waals surface area contributed by atoms with Crippen LogP contribution in [-0.2, 0) is 4.74 Å². The summed E-state index contributed by atoms with van der Waals surface area (Å²) in [6, 6.07) is 8.23. The zero-order chi connectivity index (χ0) is 11.4. The van der Waals surface area contributed by atoms with E-state index in [0.29, 0.717) is 0 Å². The minimum Gasteiger partial charge on any atom is -0.375 e. The van der Waals surface area contributed by atoms with Gasteiger partial charge in [-0.25, -0.2) is 0 Å². The minimum atomic E-state index is 0.255. The molecule has 16 heavy (non-hydrogen) atoms. The van der Waals surface area contributed by atoms with Gasteiger partial charge < -0.3 is 10.1 Å². The molecule has 4 heteroatoms. The fourth-order valence-corrected chi connectivity index (χ4v) is 2.96. The summed E-state index contributed by atoms with van der Waals surface area (Å²) in [6.45, 7) is 0.848. The van der Waals surface area contributed by atoms with E-state index in [9.17, 15) is 0 Å². The topological polar surface area (TPSA) is 21.3 Å². The van der Waals surface area contributed by atoms with E-state index in [2.05, 4.69) is 17.4 Å². The van der Waals surface area contributed by atoms with Gasteiger partial charge in [-0.2, -0.15) is 11.8 Å². The molecule has 0 radical (unpaired) electrons. The number of ether oxygens (including phenoxy) is 1. The first-order valence-electron chi connectivity index (χ1n) is 5.43. The second-order valence-corrected chi connectivity index (χ2v) is 5.39. The Labute approximate surface area is 106 Å². The Kier molecular flexibility index (Phi) is 4.53. The Hall–Kier alpha value is -0.220. The first-order valence-corrected chi connectivity index (χ1v) is 6.96. The molecule has 0 spiro atoms. The van der Waals surface area contributed by atoms with E-state index >= 15 is 0 Å². The van der Waals surface area contributed by atoms with Crippen LogP contribution in [0.2, 0.25) is 5.02 Å². The smallest absolute Gasteiger partial charge is 0.0860 e. The molecule has 0 bridgehead atoms. The Morgan fingerprint density at radius 3 is 2.75 bits per heavy atom. The summed E-state index contributed by atoms with van der Waals surface area (Å²) in [6.07, 6.45) is 0.255. The normalized spacial score (nSPS) is 23.0. The van der Waals surface area contributed by atoms with Crippen LogP contribution in [-0.4, -0.2) is 31.3 Å². The molecule has 1 aromatic carbocycles. The van der Waals surface area contributed by atoms with Gasteiger partial charge >= 0.3 is 0 Å². The van der Waals surface area contributed by atoms with Crippen molar-refractivity contribution in [3.8, 4) is 0 Å². The fraction of sp³-hybridized carbons (Fsp3) is 0.500. The van der Waals surface area contributed by atoms with E-state index in [1.165, 1.54) is 5.56 Å². The van der Waals surface area contributed by atoms with Crippen LogP contribution >= 0.6 is 23.4 Å². The summed E-state index contributed by atoms with van der Waals surface area (Å²) < 4.78 is 5.80. The average Bonchev–Trinajstić information content (AvgIpc) is 2.34. The minimum absolute atomic E-state index is 0.255. The Bertz CT molecular complexity index is 324. The molecule has 1 aliphatic heterocycles. The fourth-order valence-electron chi connectivity index (χ4n) is 1.94. The first kappa shape index (κ1) is 12.2. The van der Waals surface area contributed by atoms with Crippen molar-refractivity contribution in [1.29, 1.82) is 0 Å². The molecule has 2 rings (SSSR count). The maximum atomic E-state index is 5.89. The lowest BCUT2D eigenvalue weighted by Crippen LogP contribution is -2.36. The van der Waals surface area contributed by atoms with E-state index in [4.69, 9.17) is 16.3 Å². The van der Waals surface area contributed by atoms with Crippen LogP contribution in [0.4, 0.5) is 0 Å². The molecule has 1 aliphatic rings. The third-order valence-corrected chi connectivity index (χ3v) is 4.03. The molecule has 1 N–H and O–H groups in total. The van der Waals surface area contributed by atoms with Gasteiger partial charge in [-0.1, -0.05) is 23.7 Å². The highest BCUT2D eigenvalue weighted by Gasteiger charge is 2.24. The third kappa shape index (κ3) is 2.92. The van der Waals surface area contributed by atoms with Crippen molar-refractivity contribution in [3.63, 3.8) is 0 Å². The van der Waals surface area contributed by atoms with Gasteiger partial charge in [0.15, 0.2) is 0 Å². The molecule has 1 heterocycles. The SMILES string of the molecule is CNC(c1ccc(Cl)cc1)C1CSCCO1. The molecule has 2 atom stereocenters. The highest BCUT2D eigenvalue weighted by molar-refractivity contribution is 7.99. The van der Waals surface area contributed by atoms with Crippen LogP contribution in [0.25, 0.3) is 0 Å². The number of halogens is 1. The molecule has 0 aliphatic carbocycles. The van der Waals surface area contributed by atoms with Crippen LogP contribution in [0.5, 0.6) is 0 Å². The van der Waals surface area contributed by atoms with Gasteiger partial charge in [0.05, 0.1) is 18.8 Å². The summed E-state index contributed by atoms with van der Waals surface area (Å²) in [7, 11) is 1.97. The van der Waals surface area contributed by atoms with Crippen molar-refractivity contribution in [2.24, 2.45) is 0 Å². The summed E-state index contributed by atoms with van der Waals surface area (Å²) in [5, 5.41) is 4.10. The Morgan fingerprint density at radius 2 is 2.19 bits per heavy atom. The zero-order valence-corrected chi connectivity index (χ0v) is 10.9. The van der Waals surface area contributed by atoms with E-state index in [1.807, 2.05) is 30.9 Å². The summed E-state index contributed by atoms with van der Waals surface area (Å²) in [5.74, 6) is 2.15. The van der Waals surface area contributed by atoms with E-state index in [-0.39, 0.29) is 12.1 Å². The second-order valence-electron chi connectivity index (χ2n) is 3.80. The van der Waals surface area contributed by atoms with Crippen molar-refractivity contribution >= 4 is 23.4 Å². The first-order chi connectivity index (χ1) is 7.81. The number of thioether (sulfide) groups is 1. The molecular weight excluding hydrogens is 242 g/mol. The Balaban J connectivity index is 2.11. The molecule has 2 nitrogen and oxygen atoms in total. The van der Waals surface area contributed by atoms with Gasteiger partial charge in [-0.3, -0.25) is 0 Å². The molecule has 0 aromatic heterocycles. The largest absolute Gasteiger partial charge is 0.375 e. The van der Waals surface area contributed by atoms with E-state index in [0.717, 1.165) is 23.1 Å². The standard InChI is InChI=1S/C12H16ClNOS/c1-14-12(11-8-16-7-6-15-11)9-2-4-10(13)5-3-9/h2-5,11-12,14H,6-8H2,1H3. The van der Waals surface area contributed by atoms with Crippen LogP contribution < -0.4 is 5.32 Å². The van der Waals surface area contributed by atoms with Crippen LogP contribution in [0.3, 0.4) is 0 Å². The summed E-state index contributed by atoms with van der Waals surface area (Å²) >= 11 is 7.84. The van der Waals surface area contributed by atoms with Gasteiger partial charge in [-0.15, -0.1) is 0 Å². The predicted octanol–water partition coefficient (Wildman–Crippen LogP) is 2.73. The summed E-state index contributed by atoms with van der Waals surface area (Å²) in [5.41, 5.74) is 1.24. The third-order valence-electron chi connectivity index (χ3n) is 2.75. The molecule has 88 valence electrons. The van der Waals surface area contributed by atoms with Gasteiger partial charge in [-0.05, 0) is 24.7 Å². The predicted molar refractivity (Wildman–Crippen MR) is 70.3 cm³/mol. The molecule has 1 saturated heterocycles. The quantitative estimate of drug-likeness (QED) is 0.900. The molecule has 1 fully saturated rings. The molecular formula is C12H16ClNOS. The summed E-state index contributed by atoms with van der Waals surface area (Å²) in [4.78, 5) is 0. The maximum Gasteiger partial charge on any atom is 0.0860 e. The van der Waals surface area contributed by atoms with Crippen molar-refractivity contribution in [2.45, 2.75) is 12.1 Å². The maximum absolute atomic E-state index is 5.89. The molecule has 2 unspecified atom stereocenters. The number of rotatable bonds is 3. The lowest BCUT2D eigenvalue weighted by atomic mass is 10.0. The van der Waals surface area contributed by atoms with Crippen LogP contribution in [0.1, 0.15) is 11.6 Å². The van der Waals surface area contributed by atoms with Gasteiger partial charge in [0, 0.05) is 16.5 Å². The van der Waals surface area contributed by atoms with Crippen molar-refractivity contribution in [1.82, 2.24) is 5.32 Å². The lowest BCUT2D eigenvalue weighted by Gasteiger charge is -2.30. The number of nitrogens with one attached hydrogen (secondary N) is 1. The molecule has 0 saturated carbocycles. The molecule has 1 aromatic rings. The highest BCUT2D eigenvalue weighted by Crippen LogP contribution is 2.26. The highest BCUT2D eigenvalue weighted by atomic mass is 35.5. The Morgan fingerprint density at radius 1 is 1.44 bits per heavy atom. The van der Waals surface area contributed by atoms with Crippen molar-refractivity contribution in [3.05, 3.63) is 34.9 Å². The number of likely N-dealkylation sites (N-methyl/N-ethyl adjacent to an activating group) is 1. The zero-order valence-electron chi connectivity index (χ0n) is 9.28. The number of hydrogen-bond donors (Lipinski definition) is 1. The van der Waals surface area contributed by atoms with Gasteiger partial charge in [0.1, 0.15) is 0 Å². The number of hydrogen-bond acceptors (Lipinski definition) is 3. The van der Waals surface area contributed by atoms with Crippen LogP contribution in [0, 0.1) is 0 Å². The van der Waals surface area contributed by atoms with Gasteiger partial charge in [0.2, 0.25) is 0 Å². The van der Waals surface area contributed by atoms with Crippen molar-refractivity contribution in [2.75, 3.05) is 25.2 Å². The lowest BCUT2D eigenvalue weighted by molar-refractivity contribution is 0.0488. The average molecular weight is 258 g/mol. The number of benzene rings is 1. The van der Waals surface area contributed by atoms with Crippen molar-refractivity contribution < 1.29 is 4.74 Å². The van der Waals surface area contributed by atoms with E-state index < -0.39 is 0 Å². The monoisotopic (exact) mass is 257 g/mol. The van der Waals surface area contributed by atoms with E-state index in [1.54, 1.807) is 0 Å². The second kappa shape index (κ2) is 5.92.